The van der Waals surface area contributed by atoms with Gasteiger partial charge < -0.3 is 18.9 Å². The molecule has 1 aliphatic rings. The molecular formula is C35H27F6N4NaO6S2. The van der Waals surface area contributed by atoms with Crippen molar-refractivity contribution < 1.29 is 86.4 Å². The van der Waals surface area contributed by atoms with Gasteiger partial charge in [0.05, 0.1) is 39.3 Å². The number of fused-ring (bicyclic) bond motifs is 2. The predicted molar refractivity (Wildman–Crippen MR) is 179 cm³/mol. The fourth-order valence-electron chi connectivity index (χ4n) is 6.10. The standard InChI is InChI=1S/C35H28F6N4O6S2.Na/c1-42-28-16-10-24(34(36,37)38)18-30(28)44(20-22-6-12-26(13-7-22)52(46,47)48)32(42)4-3-5-33-43(2)29-17-11-25(35(39,40)41)19-31(29)45(33)21-23-8-14-27(15-9-23)53(49,50)51;/h3-19H,20-21H2,1-2H3,(H-,46,47,48,49,50,51);/q;+1/p-1. The van der Waals surface area contributed by atoms with Crippen LogP contribution in [0, 0.1) is 0 Å². The third-order valence-electron chi connectivity index (χ3n) is 8.75. The zero-order valence-corrected chi connectivity index (χ0v) is 32.2. The fraction of sp³-hybridized carbons (Fsp3) is 0.171. The van der Waals surface area contributed by atoms with E-state index in [0.717, 1.165) is 48.5 Å². The van der Waals surface area contributed by atoms with Crippen LogP contribution in [0.15, 0.2) is 113 Å². The summed E-state index contributed by atoms with van der Waals surface area (Å²) in [6, 6.07) is 16.3. The van der Waals surface area contributed by atoms with Crippen LogP contribution in [-0.4, -0.2) is 37.6 Å². The number of imidazole rings is 1. The molecule has 1 aliphatic heterocycles. The van der Waals surface area contributed by atoms with Crippen LogP contribution in [0.2, 0.25) is 0 Å². The number of benzene rings is 4. The molecule has 2 heterocycles. The van der Waals surface area contributed by atoms with Crippen molar-refractivity contribution >= 4 is 48.7 Å². The number of aryl methyl sites for hydroxylation is 1. The minimum atomic E-state index is -4.74. The van der Waals surface area contributed by atoms with Gasteiger partial charge in [-0.2, -0.15) is 26.3 Å². The molecule has 54 heavy (non-hydrogen) atoms. The number of nitrogens with zero attached hydrogens (tertiary/aromatic N) is 4. The van der Waals surface area contributed by atoms with Crippen LogP contribution in [-0.2, 0) is 52.7 Å². The smallest absolute Gasteiger partial charge is 0.744 e. The third-order valence-corrected chi connectivity index (χ3v) is 10.4. The molecule has 10 nitrogen and oxygen atoms in total. The molecule has 0 aliphatic carbocycles. The van der Waals surface area contributed by atoms with Crippen molar-refractivity contribution in [3.63, 3.8) is 0 Å². The molecule has 1 aromatic heterocycles. The van der Waals surface area contributed by atoms with Gasteiger partial charge in [0, 0.05) is 25.7 Å². The molecule has 0 unspecified atom stereocenters. The predicted octanol–water partition coefficient (Wildman–Crippen LogP) is 3.38. The van der Waals surface area contributed by atoms with Crippen LogP contribution in [0.25, 0.3) is 17.1 Å². The van der Waals surface area contributed by atoms with Crippen molar-refractivity contribution in [2.24, 2.45) is 7.05 Å². The maximum atomic E-state index is 13.8. The monoisotopic (exact) mass is 800 g/mol. The Morgan fingerprint density at radius 1 is 0.704 bits per heavy atom. The van der Waals surface area contributed by atoms with E-state index >= 15 is 0 Å². The number of halogens is 6. The molecule has 0 bridgehead atoms. The summed E-state index contributed by atoms with van der Waals surface area (Å²) >= 11 is 0. The first-order valence-corrected chi connectivity index (χ1v) is 18.2. The SMILES string of the molecule is CN1/C(=C/C=C\c2n(Cc3ccc(S(=O)(=O)[O-])cc3)c3cc(C(F)(F)F)ccc3[n+]2C)N(Cc2ccc(S(=O)(=O)[O-])cc2)c2cc(C(F)(F)F)ccc21.[Na+]. The van der Waals surface area contributed by atoms with Gasteiger partial charge in [0.2, 0.25) is 0 Å². The average molecular weight is 801 g/mol. The van der Waals surface area contributed by atoms with E-state index in [-0.39, 0.29) is 53.9 Å². The van der Waals surface area contributed by atoms with Crippen LogP contribution in [0.1, 0.15) is 28.1 Å². The zero-order chi connectivity index (χ0) is 38.7. The topological polar surface area (TPSA) is 130 Å². The van der Waals surface area contributed by atoms with Gasteiger partial charge in [0.15, 0.2) is 11.0 Å². The second-order valence-electron chi connectivity index (χ2n) is 12.1. The fourth-order valence-corrected chi connectivity index (χ4v) is 7.04. The largest absolute Gasteiger partial charge is 1.00 e. The number of alkyl halides is 6. The van der Waals surface area contributed by atoms with Gasteiger partial charge in [0.25, 0.3) is 5.82 Å². The molecule has 0 saturated heterocycles. The van der Waals surface area contributed by atoms with Gasteiger partial charge in [0.1, 0.15) is 32.6 Å². The van der Waals surface area contributed by atoms with Gasteiger partial charge >= 0.3 is 41.9 Å². The van der Waals surface area contributed by atoms with E-state index in [1.165, 1.54) is 36.4 Å². The van der Waals surface area contributed by atoms with Gasteiger partial charge in [-0.1, -0.05) is 30.3 Å². The Bertz CT molecular complexity index is 2520. The van der Waals surface area contributed by atoms with Crippen LogP contribution >= 0.6 is 0 Å². The number of hydrogen-bond acceptors (Lipinski definition) is 8. The second kappa shape index (κ2) is 14.8. The van der Waals surface area contributed by atoms with Gasteiger partial charge in [-0.15, -0.1) is 0 Å². The van der Waals surface area contributed by atoms with Crippen LogP contribution in [0.3, 0.4) is 0 Å². The van der Waals surface area contributed by atoms with Crippen molar-refractivity contribution in [2.45, 2.75) is 35.2 Å². The molecule has 0 fully saturated rings. The molecule has 5 aromatic rings. The summed E-state index contributed by atoms with van der Waals surface area (Å²) in [5.41, 5.74) is 0.321. The number of allylic oxidation sites excluding steroid dienone is 2. The van der Waals surface area contributed by atoms with E-state index in [1.807, 2.05) is 0 Å². The molecular weight excluding hydrogens is 774 g/mol. The summed E-state index contributed by atoms with van der Waals surface area (Å²) in [7, 11) is -6.24. The van der Waals surface area contributed by atoms with Crippen LogP contribution in [0.4, 0.5) is 37.7 Å². The molecule has 4 aromatic carbocycles. The van der Waals surface area contributed by atoms with E-state index in [2.05, 4.69) is 0 Å². The first-order valence-electron chi connectivity index (χ1n) is 15.4. The van der Waals surface area contributed by atoms with E-state index in [0.29, 0.717) is 34.0 Å². The van der Waals surface area contributed by atoms with Crippen molar-refractivity contribution in [3.8, 4) is 0 Å². The Labute approximate surface area is 328 Å². The molecule has 19 heteroatoms. The molecule has 0 radical (unpaired) electrons. The van der Waals surface area contributed by atoms with Crippen LogP contribution < -0.4 is 43.9 Å². The number of rotatable bonds is 8. The maximum absolute atomic E-state index is 13.8. The van der Waals surface area contributed by atoms with Crippen LogP contribution in [0.5, 0.6) is 0 Å². The Kier molecular flexibility index (Phi) is 11.3. The van der Waals surface area contributed by atoms with Gasteiger partial charge in [-0.3, -0.25) is 0 Å². The Balaban J connectivity index is 0.00000561. The van der Waals surface area contributed by atoms with E-state index in [4.69, 9.17) is 0 Å². The second-order valence-corrected chi connectivity index (χ2v) is 14.9. The summed E-state index contributed by atoms with van der Waals surface area (Å²) < 4.78 is 155. The van der Waals surface area contributed by atoms with Crippen molar-refractivity contribution in [2.75, 3.05) is 16.8 Å². The number of hydrogen-bond donors (Lipinski definition) is 0. The first kappa shape index (κ1) is 41.0. The minimum absolute atomic E-state index is 0. The van der Waals surface area contributed by atoms with E-state index in [1.54, 1.807) is 51.3 Å². The Hall–Kier alpha value is -4.17. The Morgan fingerprint density at radius 3 is 1.72 bits per heavy atom. The van der Waals surface area contributed by atoms with Crippen molar-refractivity contribution in [1.82, 2.24) is 4.57 Å². The molecule has 0 N–H and O–H groups in total. The molecule has 0 spiro atoms. The van der Waals surface area contributed by atoms with Crippen molar-refractivity contribution in [1.29, 1.82) is 0 Å². The summed E-state index contributed by atoms with van der Waals surface area (Å²) in [5, 5.41) is 0. The van der Waals surface area contributed by atoms with Crippen molar-refractivity contribution in [3.05, 3.63) is 131 Å². The van der Waals surface area contributed by atoms with Gasteiger partial charge in [-0.25, -0.2) is 26.0 Å². The molecule has 6 rings (SSSR count). The summed E-state index contributed by atoms with van der Waals surface area (Å²) in [6.45, 7) is -0.0817. The maximum Gasteiger partial charge on any atom is 1.00 e. The molecule has 0 amide bonds. The van der Waals surface area contributed by atoms with Gasteiger partial charge in [-0.05, 0) is 71.8 Å². The molecule has 278 valence electrons. The quantitative estimate of drug-likeness (QED) is 0.101. The summed E-state index contributed by atoms with van der Waals surface area (Å²) in [6.07, 6.45) is -4.59. The number of anilines is 2. The minimum Gasteiger partial charge on any atom is -0.744 e. The number of aromatic nitrogens is 2. The van der Waals surface area contributed by atoms with E-state index in [9.17, 15) is 52.3 Å². The zero-order valence-electron chi connectivity index (χ0n) is 28.6. The van der Waals surface area contributed by atoms with E-state index < -0.39 is 53.5 Å². The average Bonchev–Trinajstić information content (AvgIpc) is 3.48. The third kappa shape index (κ3) is 8.39. The summed E-state index contributed by atoms with van der Waals surface area (Å²) in [4.78, 5) is 2.24. The molecule has 0 saturated carbocycles. The normalized spacial score (nSPS) is 14.7. The molecule has 0 atom stereocenters. The summed E-state index contributed by atoms with van der Waals surface area (Å²) in [5.74, 6) is 0.769. The first-order chi connectivity index (χ1) is 24.6. The Morgan fingerprint density at radius 2 is 1.20 bits per heavy atom.